The topological polar surface area (TPSA) is 82.6 Å². The average Bonchev–Trinajstić information content (AvgIpc) is 2.72. The second-order valence-corrected chi connectivity index (χ2v) is 6.27. The standard InChI is InChI=1S/C21H22N4O2/c1-27-19-8-6-18(7-9-19)24-10-12-25(13-11-24)20-5-3-2-4-16(20)14-17(15-22)21(23)26/h2-9,14H,10-13H2,1H3,(H2,23,26). The van der Waals surface area contributed by atoms with Crippen molar-refractivity contribution in [2.75, 3.05) is 43.1 Å². The van der Waals surface area contributed by atoms with E-state index in [1.165, 1.54) is 5.69 Å². The number of piperazine rings is 1. The highest BCUT2D eigenvalue weighted by molar-refractivity contribution is 6.01. The van der Waals surface area contributed by atoms with E-state index in [0.717, 1.165) is 43.2 Å². The Morgan fingerprint density at radius 3 is 2.30 bits per heavy atom. The van der Waals surface area contributed by atoms with Gasteiger partial charge in [0, 0.05) is 37.6 Å². The number of carbonyl (C=O) groups is 1. The highest BCUT2D eigenvalue weighted by atomic mass is 16.5. The average molecular weight is 362 g/mol. The van der Waals surface area contributed by atoms with Gasteiger partial charge < -0.3 is 20.3 Å². The van der Waals surface area contributed by atoms with Crippen LogP contribution < -0.4 is 20.3 Å². The number of rotatable bonds is 5. The van der Waals surface area contributed by atoms with Crippen LogP contribution in [0.1, 0.15) is 5.56 Å². The maximum absolute atomic E-state index is 11.4. The number of ether oxygens (including phenoxy) is 1. The lowest BCUT2D eigenvalue weighted by molar-refractivity contribution is -0.114. The first-order chi connectivity index (χ1) is 13.1. The molecule has 1 aliphatic rings. The van der Waals surface area contributed by atoms with Crippen molar-refractivity contribution in [3.8, 4) is 11.8 Å². The molecule has 2 aromatic rings. The lowest BCUT2D eigenvalue weighted by Gasteiger charge is -2.38. The Hall–Kier alpha value is -3.46. The maximum Gasteiger partial charge on any atom is 0.259 e. The predicted molar refractivity (Wildman–Crippen MR) is 107 cm³/mol. The molecular weight excluding hydrogens is 340 g/mol. The Labute approximate surface area is 159 Å². The van der Waals surface area contributed by atoms with Crippen LogP contribution in [0.15, 0.2) is 54.1 Å². The molecule has 2 N–H and O–H groups in total. The van der Waals surface area contributed by atoms with Gasteiger partial charge in [0.1, 0.15) is 17.4 Å². The second-order valence-electron chi connectivity index (χ2n) is 6.27. The molecule has 0 aromatic heterocycles. The highest BCUT2D eigenvalue weighted by Crippen LogP contribution is 2.26. The van der Waals surface area contributed by atoms with Gasteiger partial charge in [0.2, 0.25) is 0 Å². The molecule has 2 aromatic carbocycles. The number of para-hydroxylation sites is 1. The normalized spacial score (nSPS) is 14.6. The monoisotopic (exact) mass is 362 g/mol. The van der Waals surface area contributed by atoms with Crippen molar-refractivity contribution in [3.63, 3.8) is 0 Å². The molecule has 138 valence electrons. The van der Waals surface area contributed by atoms with Crippen molar-refractivity contribution < 1.29 is 9.53 Å². The zero-order chi connectivity index (χ0) is 19.2. The Balaban J connectivity index is 1.75. The lowest BCUT2D eigenvalue weighted by Crippen LogP contribution is -2.46. The first kappa shape index (κ1) is 18.3. The minimum Gasteiger partial charge on any atom is -0.497 e. The van der Waals surface area contributed by atoms with Crippen LogP contribution in [0.3, 0.4) is 0 Å². The zero-order valence-corrected chi connectivity index (χ0v) is 15.3. The van der Waals surface area contributed by atoms with Gasteiger partial charge in [0.15, 0.2) is 0 Å². The molecule has 1 heterocycles. The molecule has 0 atom stereocenters. The third-order valence-corrected chi connectivity index (χ3v) is 4.68. The van der Waals surface area contributed by atoms with E-state index < -0.39 is 5.91 Å². The van der Waals surface area contributed by atoms with Crippen molar-refractivity contribution in [2.24, 2.45) is 5.73 Å². The molecular formula is C21H22N4O2. The minimum absolute atomic E-state index is 0.0423. The van der Waals surface area contributed by atoms with Crippen LogP contribution in [0, 0.1) is 11.3 Å². The number of anilines is 2. The molecule has 3 rings (SSSR count). The van der Waals surface area contributed by atoms with Crippen LogP contribution in [0.25, 0.3) is 6.08 Å². The number of hydrogen-bond donors (Lipinski definition) is 1. The summed E-state index contributed by atoms with van der Waals surface area (Å²) in [5, 5.41) is 9.11. The molecule has 0 aliphatic carbocycles. The number of carbonyl (C=O) groups excluding carboxylic acids is 1. The molecule has 1 amide bonds. The number of primary amides is 1. The van der Waals surface area contributed by atoms with Gasteiger partial charge in [-0.2, -0.15) is 5.26 Å². The van der Waals surface area contributed by atoms with Gasteiger partial charge in [0.25, 0.3) is 5.91 Å². The SMILES string of the molecule is COc1ccc(N2CCN(c3ccccc3C=C(C#N)C(N)=O)CC2)cc1. The molecule has 1 fully saturated rings. The van der Waals surface area contributed by atoms with E-state index in [1.807, 2.05) is 42.5 Å². The van der Waals surface area contributed by atoms with E-state index in [2.05, 4.69) is 21.9 Å². The molecule has 6 heteroatoms. The Kier molecular flexibility index (Phi) is 5.62. The summed E-state index contributed by atoms with van der Waals surface area (Å²) in [4.78, 5) is 16.0. The first-order valence-corrected chi connectivity index (χ1v) is 8.77. The summed E-state index contributed by atoms with van der Waals surface area (Å²) >= 11 is 0. The number of amides is 1. The van der Waals surface area contributed by atoms with E-state index in [1.54, 1.807) is 13.2 Å². The van der Waals surface area contributed by atoms with Gasteiger partial charge in [-0.05, 0) is 42.0 Å². The summed E-state index contributed by atoms with van der Waals surface area (Å²) in [6.07, 6.45) is 1.56. The lowest BCUT2D eigenvalue weighted by atomic mass is 10.1. The minimum atomic E-state index is -0.711. The Morgan fingerprint density at radius 2 is 1.70 bits per heavy atom. The van der Waals surface area contributed by atoms with Gasteiger partial charge in [-0.15, -0.1) is 0 Å². The van der Waals surface area contributed by atoms with Crippen molar-refractivity contribution in [1.29, 1.82) is 5.26 Å². The summed E-state index contributed by atoms with van der Waals surface area (Å²) in [5.74, 6) is 0.137. The fourth-order valence-electron chi connectivity index (χ4n) is 3.21. The molecule has 0 spiro atoms. The quantitative estimate of drug-likeness (QED) is 0.652. The third-order valence-electron chi connectivity index (χ3n) is 4.68. The molecule has 0 unspecified atom stereocenters. The smallest absolute Gasteiger partial charge is 0.259 e. The molecule has 1 saturated heterocycles. The number of hydrogen-bond acceptors (Lipinski definition) is 5. The zero-order valence-electron chi connectivity index (χ0n) is 15.3. The number of nitrogens with zero attached hydrogens (tertiary/aromatic N) is 3. The third kappa shape index (κ3) is 4.21. The fraction of sp³-hybridized carbons (Fsp3) is 0.238. The van der Waals surface area contributed by atoms with Crippen LogP contribution in [0.4, 0.5) is 11.4 Å². The van der Waals surface area contributed by atoms with Gasteiger partial charge in [0.05, 0.1) is 7.11 Å². The molecule has 0 bridgehead atoms. The maximum atomic E-state index is 11.4. The number of benzene rings is 2. The number of nitriles is 1. The predicted octanol–water partition coefficient (Wildman–Crippen LogP) is 2.41. The largest absolute Gasteiger partial charge is 0.497 e. The Bertz CT molecular complexity index is 876. The first-order valence-electron chi connectivity index (χ1n) is 8.77. The molecule has 1 aliphatic heterocycles. The van der Waals surface area contributed by atoms with E-state index in [9.17, 15) is 4.79 Å². The van der Waals surface area contributed by atoms with E-state index in [-0.39, 0.29) is 5.57 Å². The summed E-state index contributed by atoms with van der Waals surface area (Å²) in [5.41, 5.74) is 8.22. The van der Waals surface area contributed by atoms with Crippen LogP contribution in [-0.2, 0) is 4.79 Å². The molecule has 0 saturated carbocycles. The van der Waals surface area contributed by atoms with E-state index in [0.29, 0.717) is 0 Å². The second kappa shape index (κ2) is 8.28. The van der Waals surface area contributed by atoms with Gasteiger partial charge >= 0.3 is 0 Å². The van der Waals surface area contributed by atoms with Gasteiger partial charge in [-0.25, -0.2) is 0 Å². The summed E-state index contributed by atoms with van der Waals surface area (Å²) in [6, 6.07) is 17.7. The van der Waals surface area contributed by atoms with Crippen LogP contribution in [0.5, 0.6) is 5.75 Å². The van der Waals surface area contributed by atoms with E-state index in [4.69, 9.17) is 15.7 Å². The summed E-state index contributed by atoms with van der Waals surface area (Å²) in [6.45, 7) is 3.45. The number of nitrogens with two attached hydrogens (primary N) is 1. The Morgan fingerprint density at radius 1 is 1.07 bits per heavy atom. The van der Waals surface area contributed by atoms with Gasteiger partial charge in [-0.3, -0.25) is 4.79 Å². The molecule has 6 nitrogen and oxygen atoms in total. The summed E-state index contributed by atoms with van der Waals surface area (Å²) < 4.78 is 5.21. The van der Waals surface area contributed by atoms with E-state index >= 15 is 0 Å². The van der Waals surface area contributed by atoms with Crippen LogP contribution in [-0.4, -0.2) is 39.2 Å². The molecule has 27 heavy (non-hydrogen) atoms. The van der Waals surface area contributed by atoms with Crippen molar-refractivity contribution in [3.05, 3.63) is 59.7 Å². The van der Waals surface area contributed by atoms with Crippen molar-refractivity contribution >= 4 is 23.4 Å². The molecule has 0 radical (unpaired) electrons. The van der Waals surface area contributed by atoms with Crippen molar-refractivity contribution in [1.82, 2.24) is 0 Å². The highest BCUT2D eigenvalue weighted by Gasteiger charge is 2.19. The number of methoxy groups -OCH3 is 1. The van der Waals surface area contributed by atoms with Crippen molar-refractivity contribution in [2.45, 2.75) is 0 Å². The fourth-order valence-corrected chi connectivity index (χ4v) is 3.21. The van der Waals surface area contributed by atoms with Gasteiger partial charge in [-0.1, -0.05) is 18.2 Å². The summed E-state index contributed by atoms with van der Waals surface area (Å²) in [7, 11) is 1.66. The van der Waals surface area contributed by atoms with Crippen LogP contribution in [0.2, 0.25) is 0 Å². The van der Waals surface area contributed by atoms with Crippen LogP contribution >= 0.6 is 0 Å².